The van der Waals surface area contributed by atoms with E-state index in [-0.39, 0.29) is 31.1 Å². The summed E-state index contributed by atoms with van der Waals surface area (Å²) in [7, 11) is 1.56. The van der Waals surface area contributed by atoms with Crippen LogP contribution in [-0.4, -0.2) is 31.4 Å². The maximum atomic E-state index is 12.6. The second-order valence-corrected chi connectivity index (χ2v) is 7.21. The van der Waals surface area contributed by atoms with E-state index in [0.717, 1.165) is 11.1 Å². The molecule has 3 rings (SSSR count). The number of esters is 1. The summed E-state index contributed by atoms with van der Waals surface area (Å²) < 4.78 is 10.4. The van der Waals surface area contributed by atoms with Crippen molar-refractivity contribution in [2.24, 2.45) is 0 Å². The summed E-state index contributed by atoms with van der Waals surface area (Å²) in [4.78, 5) is 37.3. The molecule has 6 nitrogen and oxygen atoms in total. The Balaban J connectivity index is 1.65. The largest absolute Gasteiger partial charge is 0.497 e. The molecule has 1 N–H and O–H groups in total. The van der Waals surface area contributed by atoms with E-state index >= 15 is 0 Å². The fraction of sp³-hybridized carbons (Fsp3) is 0.192. The fourth-order valence-corrected chi connectivity index (χ4v) is 3.19. The highest BCUT2D eigenvalue weighted by Crippen LogP contribution is 2.21. The first kappa shape index (κ1) is 22.7. The lowest BCUT2D eigenvalue weighted by Crippen LogP contribution is -2.32. The standard InChI is InChI=1S/C26H25NO5/c1-31-22-14-12-20(13-15-22)23(27-25(29)16-19-8-4-2-5-9-19)17-26(30)32-18-24(28)21-10-6-3-7-11-21/h2-15,23H,16-18H2,1H3,(H,27,29)/t23-/m0/s1. The van der Waals surface area contributed by atoms with Crippen LogP contribution in [0.5, 0.6) is 5.75 Å². The van der Waals surface area contributed by atoms with Gasteiger partial charge in [0.25, 0.3) is 0 Å². The van der Waals surface area contributed by atoms with Gasteiger partial charge in [-0.15, -0.1) is 0 Å². The Kier molecular flexibility index (Phi) is 8.15. The monoisotopic (exact) mass is 431 g/mol. The van der Waals surface area contributed by atoms with E-state index in [4.69, 9.17) is 9.47 Å². The lowest BCUT2D eigenvalue weighted by molar-refractivity contribution is -0.143. The molecule has 32 heavy (non-hydrogen) atoms. The van der Waals surface area contributed by atoms with E-state index in [0.29, 0.717) is 11.3 Å². The minimum Gasteiger partial charge on any atom is -0.497 e. The molecule has 0 unspecified atom stereocenters. The van der Waals surface area contributed by atoms with Crippen LogP contribution < -0.4 is 10.1 Å². The van der Waals surface area contributed by atoms with Crippen molar-refractivity contribution in [3.8, 4) is 5.75 Å². The summed E-state index contributed by atoms with van der Waals surface area (Å²) in [6.07, 6.45) is 0.0873. The summed E-state index contributed by atoms with van der Waals surface area (Å²) in [6.45, 7) is -0.351. The molecule has 3 aromatic rings. The van der Waals surface area contributed by atoms with E-state index in [1.54, 1.807) is 61.7 Å². The smallest absolute Gasteiger partial charge is 0.308 e. The molecule has 1 atom stereocenters. The maximum absolute atomic E-state index is 12.6. The van der Waals surface area contributed by atoms with Crippen LogP contribution in [0.25, 0.3) is 0 Å². The van der Waals surface area contributed by atoms with Crippen molar-refractivity contribution in [2.75, 3.05) is 13.7 Å². The van der Waals surface area contributed by atoms with E-state index in [9.17, 15) is 14.4 Å². The van der Waals surface area contributed by atoms with Gasteiger partial charge in [0, 0.05) is 5.56 Å². The third-order valence-electron chi connectivity index (χ3n) is 4.89. The highest BCUT2D eigenvalue weighted by Gasteiger charge is 2.20. The van der Waals surface area contributed by atoms with Crippen molar-refractivity contribution >= 4 is 17.7 Å². The average Bonchev–Trinajstić information content (AvgIpc) is 2.83. The number of amides is 1. The molecule has 0 saturated carbocycles. The van der Waals surface area contributed by atoms with Crippen LogP contribution in [0.3, 0.4) is 0 Å². The van der Waals surface area contributed by atoms with E-state index < -0.39 is 12.0 Å². The minimum absolute atomic E-state index is 0.102. The number of nitrogens with one attached hydrogen (secondary N) is 1. The van der Waals surface area contributed by atoms with Crippen molar-refractivity contribution in [2.45, 2.75) is 18.9 Å². The Bertz CT molecular complexity index is 1030. The molecule has 3 aromatic carbocycles. The van der Waals surface area contributed by atoms with Gasteiger partial charge in [-0.2, -0.15) is 0 Å². The summed E-state index contributed by atoms with van der Waals surface area (Å²) >= 11 is 0. The van der Waals surface area contributed by atoms with Gasteiger partial charge in [-0.3, -0.25) is 14.4 Å². The van der Waals surface area contributed by atoms with Gasteiger partial charge in [0.1, 0.15) is 5.75 Å². The van der Waals surface area contributed by atoms with Gasteiger partial charge in [-0.05, 0) is 23.3 Å². The number of methoxy groups -OCH3 is 1. The van der Waals surface area contributed by atoms with E-state index in [2.05, 4.69) is 5.32 Å². The molecule has 0 aromatic heterocycles. The summed E-state index contributed by atoms with van der Waals surface area (Å²) in [5.41, 5.74) is 2.08. The van der Waals surface area contributed by atoms with Gasteiger partial charge in [0.05, 0.1) is 26.0 Å². The first-order valence-corrected chi connectivity index (χ1v) is 10.3. The SMILES string of the molecule is COc1ccc([C@H](CC(=O)OCC(=O)c2ccccc2)NC(=O)Cc2ccccc2)cc1. The van der Waals surface area contributed by atoms with Crippen LogP contribution in [0.2, 0.25) is 0 Å². The second-order valence-electron chi connectivity index (χ2n) is 7.21. The molecule has 1 amide bonds. The first-order valence-electron chi connectivity index (χ1n) is 10.3. The molecule has 6 heteroatoms. The number of rotatable bonds is 10. The number of hydrogen-bond acceptors (Lipinski definition) is 5. The average molecular weight is 431 g/mol. The van der Waals surface area contributed by atoms with Crippen molar-refractivity contribution in [1.82, 2.24) is 5.32 Å². The second kappa shape index (κ2) is 11.5. The number of ether oxygens (including phenoxy) is 2. The summed E-state index contributed by atoms with van der Waals surface area (Å²) in [6, 6.07) is 24.5. The normalized spacial score (nSPS) is 11.3. The number of hydrogen-bond donors (Lipinski definition) is 1. The van der Waals surface area contributed by atoms with Crippen LogP contribution in [0, 0.1) is 0 Å². The van der Waals surface area contributed by atoms with E-state index in [1.807, 2.05) is 30.3 Å². The quantitative estimate of drug-likeness (QED) is 0.389. The highest BCUT2D eigenvalue weighted by molar-refractivity contribution is 5.97. The molecule has 164 valence electrons. The maximum Gasteiger partial charge on any atom is 0.308 e. The molecular weight excluding hydrogens is 406 g/mol. The summed E-state index contributed by atoms with van der Waals surface area (Å²) in [5, 5.41) is 2.90. The Hall–Kier alpha value is -3.93. The molecule has 0 fully saturated rings. The predicted octanol–water partition coefficient (Wildman–Crippen LogP) is 3.91. The van der Waals surface area contributed by atoms with E-state index in [1.165, 1.54) is 0 Å². The van der Waals surface area contributed by atoms with Crippen LogP contribution in [0.1, 0.15) is 33.9 Å². The van der Waals surface area contributed by atoms with Crippen molar-refractivity contribution in [3.63, 3.8) is 0 Å². The number of carbonyl (C=O) groups is 3. The van der Waals surface area contributed by atoms with Gasteiger partial charge < -0.3 is 14.8 Å². The van der Waals surface area contributed by atoms with Crippen LogP contribution >= 0.6 is 0 Å². The lowest BCUT2D eigenvalue weighted by atomic mass is 10.0. The first-order chi connectivity index (χ1) is 15.5. The molecule has 0 spiro atoms. The zero-order chi connectivity index (χ0) is 22.8. The zero-order valence-electron chi connectivity index (χ0n) is 17.8. The Labute approximate surface area is 187 Å². The van der Waals surface area contributed by atoms with Gasteiger partial charge in [-0.25, -0.2) is 0 Å². The molecule has 0 saturated heterocycles. The Morgan fingerprint density at radius 3 is 2.09 bits per heavy atom. The number of benzene rings is 3. The number of Topliss-reactive ketones (excluding diaryl/α,β-unsaturated/α-hetero) is 1. The molecule has 0 aliphatic rings. The molecule has 0 heterocycles. The van der Waals surface area contributed by atoms with Gasteiger partial charge >= 0.3 is 5.97 Å². The van der Waals surface area contributed by atoms with Crippen LogP contribution in [0.4, 0.5) is 0 Å². The Morgan fingerprint density at radius 2 is 1.47 bits per heavy atom. The fourth-order valence-electron chi connectivity index (χ4n) is 3.19. The Morgan fingerprint density at radius 1 is 0.844 bits per heavy atom. The summed E-state index contributed by atoms with van der Waals surface area (Å²) in [5.74, 6) is -0.410. The van der Waals surface area contributed by atoms with Crippen molar-refractivity contribution in [1.29, 1.82) is 0 Å². The lowest BCUT2D eigenvalue weighted by Gasteiger charge is -2.19. The topological polar surface area (TPSA) is 81.7 Å². The van der Waals surface area contributed by atoms with Crippen LogP contribution in [0.15, 0.2) is 84.9 Å². The number of ketones is 1. The van der Waals surface area contributed by atoms with Crippen molar-refractivity contribution < 1.29 is 23.9 Å². The van der Waals surface area contributed by atoms with Crippen LogP contribution in [-0.2, 0) is 20.7 Å². The molecule has 0 aliphatic heterocycles. The third-order valence-corrected chi connectivity index (χ3v) is 4.89. The van der Waals surface area contributed by atoms with Gasteiger partial charge in [0.15, 0.2) is 12.4 Å². The molecule has 0 bridgehead atoms. The highest BCUT2D eigenvalue weighted by atomic mass is 16.5. The zero-order valence-corrected chi connectivity index (χ0v) is 17.8. The van der Waals surface area contributed by atoms with Gasteiger partial charge in [-0.1, -0.05) is 72.8 Å². The van der Waals surface area contributed by atoms with Crippen molar-refractivity contribution in [3.05, 3.63) is 102 Å². The molecular formula is C26H25NO5. The number of carbonyl (C=O) groups excluding carboxylic acids is 3. The predicted molar refractivity (Wildman–Crippen MR) is 120 cm³/mol. The third kappa shape index (κ3) is 6.80. The minimum atomic E-state index is -0.601. The van der Waals surface area contributed by atoms with Gasteiger partial charge in [0.2, 0.25) is 5.91 Å². The molecule has 0 radical (unpaired) electrons. The molecule has 0 aliphatic carbocycles.